The van der Waals surface area contributed by atoms with Crippen LogP contribution >= 0.6 is 0 Å². The summed E-state index contributed by atoms with van der Waals surface area (Å²) in [6.07, 6.45) is 1.65. The number of carbonyl (C=O) groups excluding carboxylic acids is 3. The quantitative estimate of drug-likeness (QED) is 0.244. The van der Waals surface area contributed by atoms with Gasteiger partial charge in [0, 0.05) is 17.7 Å². The fourth-order valence-corrected chi connectivity index (χ4v) is 5.63. The summed E-state index contributed by atoms with van der Waals surface area (Å²) in [7, 11) is 0. The van der Waals surface area contributed by atoms with Crippen molar-refractivity contribution in [1.82, 2.24) is 5.01 Å². The van der Waals surface area contributed by atoms with Gasteiger partial charge < -0.3 is 0 Å². The van der Waals surface area contributed by atoms with Crippen molar-refractivity contribution in [2.75, 3.05) is 4.90 Å². The molecule has 2 saturated heterocycles. The van der Waals surface area contributed by atoms with E-state index >= 15 is 0 Å². The lowest BCUT2D eigenvalue weighted by molar-refractivity contribution is -0.384. The number of fused-ring (bicyclic) bond motifs is 5. The van der Waals surface area contributed by atoms with Crippen molar-refractivity contribution in [2.45, 2.75) is 19.0 Å². The number of aryl methyl sites for hydroxylation is 1. The van der Waals surface area contributed by atoms with Crippen molar-refractivity contribution < 1.29 is 19.3 Å². The van der Waals surface area contributed by atoms with Crippen molar-refractivity contribution in [1.29, 1.82) is 0 Å². The lowest BCUT2D eigenvalue weighted by atomic mass is 9.83. The van der Waals surface area contributed by atoms with Crippen LogP contribution in [0.4, 0.5) is 11.4 Å². The molecule has 2 fully saturated rings. The molecule has 0 N–H and O–H groups in total. The van der Waals surface area contributed by atoms with Gasteiger partial charge in [-0.3, -0.25) is 29.5 Å². The molecule has 36 heavy (non-hydrogen) atoms. The fraction of sp³-hybridized carbons (Fsp3) is 0.185. The van der Waals surface area contributed by atoms with Gasteiger partial charge in [-0.1, -0.05) is 60.7 Å². The zero-order valence-electron chi connectivity index (χ0n) is 19.1. The predicted molar refractivity (Wildman–Crippen MR) is 130 cm³/mol. The van der Waals surface area contributed by atoms with E-state index in [0.717, 1.165) is 16.0 Å². The molecule has 3 aliphatic rings. The first-order valence-electron chi connectivity index (χ1n) is 11.5. The number of hydrogen-bond donors (Lipinski definition) is 0. The van der Waals surface area contributed by atoms with Crippen LogP contribution < -0.4 is 4.90 Å². The number of ketones is 1. The zero-order chi connectivity index (χ0) is 25.1. The van der Waals surface area contributed by atoms with Gasteiger partial charge in [0.1, 0.15) is 6.04 Å². The Bertz CT molecular complexity index is 1480. The average molecular weight is 480 g/mol. The molecule has 3 aromatic carbocycles. The van der Waals surface area contributed by atoms with Gasteiger partial charge in [0.25, 0.3) is 5.69 Å². The Morgan fingerprint density at radius 1 is 0.944 bits per heavy atom. The fourth-order valence-electron chi connectivity index (χ4n) is 5.63. The molecule has 3 heterocycles. The van der Waals surface area contributed by atoms with Crippen molar-refractivity contribution in [3.05, 3.63) is 105 Å². The van der Waals surface area contributed by atoms with Gasteiger partial charge >= 0.3 is 0 Å². The summed E-state index contributed by atoms with van der Waals surface area (Å²) in [6.45, 7) is 1.69. The Labute approximate surface area is 205 Å². The van der Waals surface area contributed by atoms with E-state index in [0.29, 0.717) is 11.1 Å². The van der Waals surface area contributed by atoms with E-state index in [-0.39, 0.29) is 17.2 Å². The summed E-state index contributed by atoms with van der Waals surface area (Å²) in [5.41, 5.74) is 2.53. The predicted octanol–water partition coefficient (Wildman–Crippen LogP) is 3.66. The molecule has 0 aliphatic carbocycles. The van der Waals surface area contributed by atoms with Crippen LogP contribution in [0, 0.1) is 28.9 Å². The highest BCUT2D eigenvalue weighted by molar-refractivity contribution is 6.25. The van der Waals surface area contributed by atoms with Gasteiger partial charge in [-0.05, 0) is 23.6 Å². The molecule has 4 atom stereocenters. The standard InChI is InChI=1S/C27H20N4O5/c1-15-11-12-18(31(35)36)13-20(15)29-26(33)21-22(27(29)34)24(25(32)16-7-3-2-4-8-16)30-23(21)19-10-6-5-9-17(19)14-28-30/h2-14,21-24H,1H3/t21-,22+,23-,24-/m0/s1. The summed E-state index contributed by atoms with van der Waals surface area (Å²) in [4.78, 5) is 53.5. The average Bonchev–Trinajstić information content (AvgIpc) is 3.37. The number of nitro groups is 1. The van der Waals surface area contributed by atoms with Crippen LogP contribution in [0.15, 0.2) is 77.9 Å². The first-order valence-corrected chi connectivity index (χ1v) is 11.5. The molecular weight excluding hydrogens is 460 g/mol. The third kappa shape index (κ3) is 3.02. The number of nitrogens with zero attached hydrogens (tertiary/aromatic N) is 4. The first-order chi connectivity index (χ1) is 17.4. The molecule has 9 nitrogen and oxygen atoms in total. The molecule has 0 aromatic heterocycles. The number of benzene rings is 3. The van der Waals surface area contributed by atoms with E-state index in [4.69, 9.17) is 0 Å². The summed E-state index contributed by atoms with van der Waals surface area (Å²) in [6, 6.07) is 18.6. The molecule has 0 bridgehead atoms. The van der Waals surface area contributed by atoms with E-state index in [2.05, 4.69) is 5.10 Å². The number of non-ortho nitro benzene ring substituents is 1. The molecule has 0 spiro atoms. The number of anilines is 1. The maximum Gasteiger partial charge on any atom is 0.271 e. The van der Waals surface area contributed by atoms with Gasteiger partial charge in [0.05, 0.1) is 34.7 Å². The van der Waals surface area contributed by atoms with Crippen LogP contribution in [0.5, 0.6) is 0 Å². The maximum atomic E-state index is 13.9. The zero-order valence-corrected chi connectivity index (χ0v) is 19.1. The molecule has 0 radical (unpaired) electrons. The number of hydrazone groups is 1. The highest BCUT2D eigenvalue weighted by atomic mass is 16.6. The van der Waals surface area contributed by atoms with Crippen molar-refractivity contribution >= 4 is 35.2 Å². The van der Waals surface area contributed by atoms with E-state index in [9.17, 15) is 24.5 Å². The number of imide groups is 1. The number of Topliss-reactive ketones (excluding diaryl/α,β-unsaturated/α-hetero) is 1. The molecule has 9 heteroatoms. The molecule has 3 aromatic rings. The number of nitro benzene ring substituents is 1. The van der Waals surface area contributed by atoms with Crippen LogP contribution in [0.1, 0.15) is 33.1 Å². The number of amides is 2. The van der Waals surface area contributed by atoms with Crippen LogP contribution in [0.2, 0.25) is 0 Å². The van der Waals surface area contributed by atoms with Gasteiger partial charge in [0.15, 0.2) is 5.78 Å². The molecular formula is C27H20N4O5. The summed E-state index contributed by atoms with van der Waals surface area (Å²) < 4.78 is 0. The minimum atomic E-state index is -0.993. The highest BCUT2D eigenvalue weighted by Gasteiger charge is 2.65. The molecule has 0 unspecified atom stereocenters. The Morgan fingerprint density at radius 3 is 2.39 bits per heavy atom. The van der Waals surface area contributed by atoms with Crippen molar-refractivity contribution in [3.8, 4) is 0 Å². The lowest BCUT2D eigenvalue weighted by Crippen LogP contribution is -2.44. The topological polar surface area (TPSA) is 113 Å². The highest BCUT2D eigenvalue weighted by Crippen LogP contribution is 2.53. The minimum absolute atomic E-state index is 0.165. The van der Waals surface area contributed by atoms with Crippen LogP contribution in [-0.2, 0) is 9.59 Å². The minimum Gasteiger partial charge on any atom is -0.292 e. The third-order valence-corrected chi connectivity index (χ3v) is 7.26. The van der Waals surface area contributed by atoms with E-state index in [1.54, 1.807) is 48.5 Å². The van der Waals surface area contributed by atoms with Gasteiger partial charge in [-0.25, -0.2) is 4.90 Å². The second-order valence-corrected chi connectivity index (χ2v) is 9.16. The van der Waals surface area contributed by atoms with Crippen LogP contribution in [0.25, 0.3) is 0 Å². The molecule has 178 valence electrons. The van der Waals surface area contributed by atoms with Crippen LogP contribution in [0.3, 0.4) is 0 Å². The van der Waals surface area contributed by atoms with E-state index in [1.165, 1.54) is 18.2 Å². The second kappa shape index (κ2) is 7.94. The first kappa shape index (κ1) is 21.8. The van der Waals surface area contributed by atoms with Gasteiger partial charge in [-0.2, -0.15) is 5.10 Å². The second-order valence-electron chi connectivity index (χ2n) is 9.16. The summed E-state index contributed by atoms with van der Waals surface area (Å²) in [5, 5.41) is 17.5. The summed E-state index contributed by atoms with van der Waals surface area (Å²) in [5.74, 6) is -3.20. The Kier molecular flexibility index (Phi) is 4.82. The third-order valence-electron chi connectivity index (χ3n) is 7.26. The molecule has 6 rings (SSSR count). The van der Waals surface area contributed by atoms with Crippen molar-refractivity contribution in [3.63, 3.8) is 0 Å². The Balaban J connectivity index is 1.51. The van der Waals surface area contributed by atoms with Gasteiger partial charge in [-0.15, -0.1) is 0 Å². The number of rotatable bonds is 4. The SMILES string of the molecule is Cc1ccc([N+](=O)[O-])cc1N1C(=O)[C@@H]2[C@H](C1=O)[C@@H]1c3ccccc3C=NN1[C@@H]2C(=O)c1ccccc1. The van der Waals surface area contributed by atoms with Crippen molar-refractivity contribution in [2.24, 2.45) is 16.9 Å². The molecule has 2 amide bonds. The lowest BCUT2D eigenvalue weighted by Gasteiger charge is -2.34. The van der Waals surface area contributed by atoms with E-state index < -0.39 is 40.7 Å². The molecule has 0 saturated carbocycles. The van der Waals surface area contributed by atoms with E-state index in [1.807, 2.05) is 24.3 Å². The molecule has 3 aliphatic heterocycles. The Morgan fingerprint density at radius 2 is 1.64 bits per heavy atom. The smallest absolute Gasteiger partial charge is 0.271 e. The normalized spacial score (nSPS) is 23.9. The number of carbonyl (C=O) groups is 3. The van der Waals surface area contributed by atoms with Gasteiger partial charge in [0.2, 0.25) is 11.8 Å². The Hall–Kier alpha value is -4.66. The number of hydrogen-bond acceptors (Lipinski definition) is 7. The van der Waals surface area contributed by atoms with Crippen LogP contribution in [-0.4, -0.2) is 39.8 Å². The largest absolute Gasteiger partial charge is 0.292 e. The summed E-state index contributed by atoms with van der Waals surface area (Å²) >= 11 is 0. The maximum absolute atomic E-state index is 13.9. The monoisotopic (exact) mass is 480 g/mol.